The molecule has 17 heavy (non-hydrogen) atoms. The summed E-state index contributed by atoms with van der Waals surface area (Å²) < 4.78 is 0. The minimum absolute atomic E-state index is 0.105. The van der Waals surface area contributed by atoms with E-state index in [1.54, 1.807) is 0 Å². The zero-order chi connectivity index (χ0) is 12.1. The molecule has 0 aromatic rings. The van der Waals surface area contributed by atoms with Crippen molar-refractivity contribution in [2.75, 3.05) is 20.1 Å². The van der Waals surface area contributed by atoms with Crippen LogP contribution in [0.25, 0.3) is 0 Å². The number of nitrogens with one attached hydrogen (secondary N) is 1. The molecule has 2 N–H and O–H groups in total. The normalized spacial score (nSPS) is 35.8. The van der Waals surface area contributed by atoms with Crippen LogP contribution in [0.2, 0.25) is 0 Å². The van der Waals surface area contributed by atoms with E-state index >= 15 is 0 Å². The Bertz CT molecular complexity index is 216. The standard InChI is InChI=1S/C14H28N2O/c1-16(11-12-7-5-6-10-15-12)13-8-3-2-4-9-14(13)17/h12-15,17H,2-11H2,1H3. The van der Waals surface area contributed by atoms with Crippen LogP contribution < -0.4 is 5.32 Å². The number of aliphatic hydroxyl groups is 1. The maximum atomic E-state index is 10.2. The molecule has 2 aliphatic rings. The number of likely N-dealkylation sites (N-methyl/N-ethyl adjacent to an activating group) is 1. The minimum atomic E-state index is -0.105. The molecule has 0 aromatic heterocycles. The summed E-state index contributed by atoms with van der Waals surface area (Å²) in [5.74, 6) is 0. The van der Waals surface area contributed by atoms with Crippen molar-refractivity contribution in [2.45, 2.75) is 69.6 Å². The Hall–Kier alpha value is -0.120. The van der Waals surface area contributed by atoms with E-state index in [1.165, 1.54) is 51.5 Å². The zero-order valence-electron chi connectivity index (χ0n) is 11.2. The summed E-state index contributed by atoms with van der Waals surface area (Å²) in [5, 5.41) is 13.8. The van der Waals surface area contributed by atoms with Crippen molar-refractivity contribution in [3.8, 4) is 0 Å². The first-order chi connectivity index (χ1) is 8.27. The SMILES string of the molecule is CN(CC1CCCCN1)C1CCCCCC1O. The second-order valence-corrected chi connectivity index (χ2v) is 5.86. The zero-order valence-corrected chi connectivity index (χ0v) is 11.2. The lowest BCUT2D eigenvalue weighted by molar-refractivity contribution is 0.0517. The Morgan fingerprint density at radius 2 is 1.82 bits per heavy atom. The molecule has 0 aromatic carbocycles. The van der Waals surface area contributed by atoms with Crippen LogP contribution >= 0.6 is 0 Å². The van der Waals surface area contributed by atoms with Gasteiger partial charge in [0.15, 0.2) is 0 Å². The van der Waals surface area contributed by atoms with Crippen molar-refractivity contribution >= 4 is 0 Å². The first-order valence-corrected chi connectivity index (χ1v) is 7.39. The topological polar surface area (TPSA) is 35.5 Å². The van der Waals surface area contributed by atoms with Gasteiger partial charge in [-0.05, 0) is 39.3 Å². The maximum Gasteiger partial charge on any atom is 0.0695 e. The fourth-order valence-electron chi connectivity index (χ4n) is 3.35. The van der Waals surface area contributed by atoms with Gasteiger partial charge in [0.05, 0.1) is 6.10 Å². The summed E-state index contributed by atoms with van der Waals surface area (Å²) >= 11 is 0. The molecule has 0 amide bonds. The Morgan fingerprint density at radius 3 is 2.59 bits per heavy atom. The van der Waals surface area contributed by atoms with Gasteiger partial charge < -0.3 is 10.4 Å². The van der Waals surface area contributed by atoms with E-state index in [0.717, 1.165) is 13.0 Å². The summed E-state index contributed by atoms with van der Waals surface area (Å²) in [6.07, 6.45) is 9.82. The highest BCUT2D eigenvalue weighted by atomic mass is 16.3. The van der Waals surface area contributed by atoms with Crippen LogP contribution in [0, 0.1) is 0 Å². The summed E-state index contributed by atoms with van der Waals surface area (Å²) in [6.45, 7) is 2.27. The Morgan fingerprint density at radius 1 is 1.06 bits per heavy atom. The predicted octanol–water partition coefficient (Wildman–Crippen LogP) is 1.75. The highest BCUT2D eigenvalue weighted by molar-refractivity contribution is 4.83. The highest BCUT2D eigenvalue weighted by Gasteiger charge is 2.27. The van der Waals surface area contributed by atoms with E-state index in [0.29, 0.717) is 12.1 Å². The summed E-state index contributed by atoms with van der Waals surface area (Å²) in [5.41, 5.74) is 0. The maximum absolute atomic E-state index is 10.2. The molecule has 2 fully saturated rings. The number of aliphatic hydroxyl groups excluding tert-OH is 1. The van der Waals surface area contributed by atoms with Gasteiger partial charge in [0.25, 0.3) is 0 Å². The Balaban J connectivity index is 1.81. The number of piperidine rings is 1. The van der Waals surface area contributed by atoms with Gasteiger partial charge in [-0.15, -0.1) is 0 Å². The molecule has 1 saturated carbocycles. The van der Waals surface area contributed by atoms with Crippen LogP contribution in [0.15, 0.2) is 0 Å². The molecule has 1 heterocycles. The summed E-state index contributed by atoms with van der Waals surface area (Å²) in [7, 11) is 2.19. The molecular formula is C14H28N2O. The Kier molecular flexibility index (Phi) is 5.26. The summed E-state index contributed by atoms with van der Waals surface area (Å²) in [4.78, 5) is 2.40. The third-order valence-electron chi connectivity index (χ3n) is 4.43. The quantitative estimate of drug-likeness (QED) is 0.738. The van der Waals surface area contributed by atoms with Crippen LogP contribution in [0.3, 0.4) is 0 Å². The van der Waals surface area contributed by atoms with E-state index in [-0.39, 0.29) is 6.10 Å². The van der Waals surface area contributed by atoms with Crippen molar-refractivity contribution in [2.24, 2.45) is 0 Å². The first-order valence-electron chi connectivity index (χ1n) is 7.39. The van der Waals surface area contributed by atoms with E-state index in [1.807, 2.05) is 0 Å². The van der Waals surface area contributed by atoms with Gasteiger partial charge in [0.2, 0.25) is 0 Å². The average molecular weight is 240 g/mol. The molecule has 2 rings (SSSR count). The molecule has 0 bridgehead atoms. The van der Waals surface area contributed by atoms with E-state index < -0.39 is 0 Å². The number of hydrogen-bond donors (Lipinski definition) is 2. The van der Waals surface area contributed by atoms with Gasteiger partial charge in [-0.1, -0.05) is 25.7 Å². The highest BCUT2D eigenvalue weighted by Crippen LogP contribution is 2.22. The number of rotatable bonds is 3. The van der Waals surface area contributed by atoms with Gasteiger partial charge in [0, 0.05) is 18.6 Å². The average Bonchev–Trinajstić information content (AvgIpc) is 2.55. The van der Waals surface area contributed by atoms with Gasteiger partial charge in [-0.3, -0.25) is 4.90 Å². The molecule has 3 unspecified atom stereocenters. The van der Waals surface area contributed by atoms with Crippen molar-refractivity contribution in [1.82, 2.24) is 10.2 Å². The van der Waals surface area contributed by atoms with Crippen LogP contribution in [0.5, 0.6) is 0 Å². The second-order valence-electron chi connectivity index (χ2n) is 5.86. The van der Waals surface area contributed by atoms with Crippen molar-refractivity contribution in [3.63, 3.8) is 0 Å². The van der Waals surface area contributed by atoms with Gasteiger partial charge in [-0.2, -0.15) is 0 Å². The number of nitrogens with zero attached hydrogens (tertiary/aromatic N) is 1. The van der Waals surface area contributed by atoms with Gasteiger partial charge in [0.1, 0.15) is 0 Å². The smallest absolute Gasteiger partial charge is 0.0695 e. The third kappa shape index (κ3) is 3.94. The molecule has 3 nitrogen and oxygen atoms in total. The summed E-state index contributed by atoms with van der Waals surface area (Å²) in [6, 6.07) is 1.03. The lowest BCUT2D eigenvalue weighted by atomic mass is 10.0. The molecule has 1 aliphatic carbocycles. The first kappa shape index (κ1) is 13.3. The number of hydrogen-bond acceptors (Lipinski definition) is 3. The molecule has 0 spiro atoms. The lowest BCUT2D eigenvalue weighted by Gasteiger charge is -2.35. The van der Waals surface area contributed by atoms with E-state index in [9.17, 15) is 5.11 Å². The van der Waals surface area contributed by atoms with Crippen LogP contribution in [-0.4, -0.2) is 48.3 Å². The van der Waals surface area contributed by atoms with E-state index in [2.05, 4.69) is 17.3 Å². The van der Waals surface area contributed by atoms with Gasteiger partial charge in [-0.25, -0.2) is 0 Å². The molecule has 1 aliphatic heterocycles. The fraction of sp³-hybridized carbons (Fsp3) is 1.00. The predicted molar refractivity (Wildman–Crippen MR) is 71.2 cm³/mol. The molecule has 3 heteroatoms. The largest absolute Gasteiger partial charge is 0.391 e. The molecule has 3 atom stereocenters. The van der Waals surface area contributed by atoms with E-state index in [4.69, 9.17) is 0 Å². The molecule has 0 radical (unpaired) electrons. The van der Waals surface area contributed by atoms with Crippen molar-refractivity contribution in [1.29, 1.82) is 0 Å². The van der Waals surface area contributed by atoms with Crippen LogP contribution in [0.4, 0.5) is 0 Å². The molecular weight excluding hydrogens is 212 g/mol. The minimum Gasteiger partial charge on any atom is -0.391 e. The van der Waals surface area contributed by atoms with Crippen LogP contribution in [-0.2, 0) is 0 Å². The Labute approximate surface area is 106 Å². The monoisotopic (exact) mass is 240 g/mol. The van der Waals surface area contributed by atoms with Crippen LogP contribution in [0.1, 0.15) is 51.4 Å². The van der Waals surface area contributed by atoms with Crippen molar-refractivity contribution in [3.05, 3.63) is 0 Å². The lowest BCUT2D eigenvalue weighted by Crippen LogP contribution is -2.48. The fourth-order valence-corrected chi connectivity index (χ4v) is 3.35. The molecule has 1 saturated heterocycles. The van der Waals surface area contributed by atoms with Gasteiger partial charge >= 0.3 is 0 Å². The third-order valence-corrected chi connectivity index (χ3v) is 4.43. The van der Waals surface area contributed by atoms with Crippen molar-refractivity contribution < 1.29 is 5.11 Å². The molecule has 100 valence electrons. The second kappa shape index (κ2) is 6.72.